The molecule has 1 heterocycles. The highest BCUT2D eigenvalue weighted by Crippen LogP contribution is 2.19. The van der Waals surface area contributed by atoms with E-state index in [9.17, 15) is 4.79 Å². The van der Waals surface area contributed by atoms with Gasteiger partial charge in [0.2, 0.25) is 5.91 Å². The van der Waals surface area contributed by atoms with E-state index in [1.165, 1.54) is 0 Å². The molecular weight excluding hydrogens is 208 g/mol. The Morgan fingerprint density at radius 1 is 1.53 bits per heavy atom. The lowest BCUT2D eigenvalue weighted by atomic mass is 9.97. The lowest BCUT2D eigenvalue weighted by Gasteiger charge is -2.33. The van der Waals surface area contributed by atoms with E-state index >= 15 is 0 Å². The number of carbonyl (C=O) groups is 1. The summed E-state index contributed by atoms with van der Waals surface area (Å²) in [6.45, 7) is 4.96. The molecule has 0 spiro atoms. The number of carbonyl (C=O) groups excluding carboxylic acids is 1. The van der Waals surface area contributed by atoms with Gasteiger partial charge in [-0.1, -0.05) is 0 Å². The molecule has 1 amide bonds. The molecule has 0 aromatic heterocycles. The molecule has 0 aromatic rings. The van der Waals surface area contributed by atoms with Crippen LogP contribution in [0.4, 0.5) is 0 Å². The normalized spacial score (nSPS) is 20.3. The fraction of sp³-hybridized carbons (Fsp3) is 0.909. The smallest absolute Gasteiger partial charge is 0.235 e. The van der Waals surface area contributed by atoms with Gasteiger partial charge in [0, 0.05) is 13.1 Å². The van der Waals surface area contributed by atoms with Crippen molar-refractivity contribution in [2.75, 3.05) is 32.9 Å². The first kappa shape index (κ1) is 12.8. The van der Waals surface area contributed by atoms with Crippen molar-refractivity contribution in [3.05, 3.63) is 0 Å². The van der Waals surface area contributed by atoms with Crippen LogP contribution < -0.4 is 5.32 Å². The summed E-state index contributed by atoms with van der Waals surface area (Å²) in [5.41, 5.74) is 0. The number of piperidine rings is 1. The van der Waals surface area contributed by atoms with Crippen LogP contribution in [0.3, 0.4) is 0 Å². The van der Waals surface area contributed by atoms with Crippen molar-refractivity contribution in [1.82, 2.24) is 10.2 Å². The molecule has 0 saturated carbocycles. The third-order valence-corrected chi connectivity index (χ3v) is 4.03. The van der Waals surface area contributed by atoms with E-state index in [-0.39, 0.29) is 5.25 Å². The average molecular weight is 230 g/mol. The summed E-state index contributed by atoms with van der Waals surface area (Å²) in [5, 5.41) is 3.32. The SMILES string of the molecule is CNCC1CCN(C(=O)C(C)SC)CC1. The van der Waals surface area contributed by atoms with E-state index in [4.69, 9.17) is 0 Å². The molecule has 0 aliphatic carbocycles. The number of nitrogens with one attached hydrogen (secondary N) is 1. The van der Waals surface area contributed by atoms with Gasteiger partial charge in [-0.2, -0.15) is 11.8 Å². The summed E-state index contributed by atoms with van der Waals surface area (Å²) in [5.74, 6) is 1.06. The minimum Gasteiger partial charge on any atom is -0.342 e. The van der Waals surface area contributed by atoms with Crippen molar-refractivity contribution < 1.29 is 4.79 Å². The second-order valence-corrected chi connectivity index (χ2v) is 5.38. The summed E-state index contributed by atoms with van der Waals surface area (Å²) in [6, 6.07) is 0. The largest absolute Gasteiger partial charge is 0.342 e. The third kappa shape index (κ3) is 3.68. The van der Waals surface area contributed by atoms with Crippen LogP contribution in [0.5, 0.6) is 0 Å². The van der Waals surface area contributed by atoms with Gasteiger partial charge in [0.1, 0.15) is 0 Å². The van der Waals surface area contributed by atoms with Gasteiger partial charge in [0.05, 0.1) is 5.25 Å². The highest BCUT2D eigenvalue weighted by Gasteiger charge is 2.24. The maximum atomic E-state index is 11.9. The molecule has 88 valence electrons. The summed E-state index contributed by atoms with van der Waals surface area (Å²) in [7, 11) is 1.99. The number of hydrogen-bond donors (Lipinski definition) is 1. The fourth-order valence-electron chi connectivity index (χ4n) is 2.00. The van der Waals surface area contributed by atoms with Crippen molar-refractivity contribution in [3.63, 3.8) is 0 Å². The minimum atomic E-state index is 0.117. The number of thioether (sulfide) groups is 1. The predicted octanol–water partition coefficient (Wildman–Crippen LogP) is 1.20. The molecule has 1 unspecified atom stereocenters. The van der Waals surface area contributed by atoms with Crippen molar-refractivity contribution in [3.8, 4) is 0 Å². The molecule has 0 bridgehead atoms. The zero-order valence-electron chi connectivity index (χ0n) is 9.95. The van der Waals surface area contributed by atoms with E-state index in [1.54, 1.807) is 11.8 Å². The maximum absolute atomic E-state index is 11.9. The van der Waals surface area contributed by atoms with E-state index in [2.05, 4.69) is 5.32 Å². The second kappa shape index (κ2) is 6.38. The van der Waals surface area contributed by atoms with Gasteiger partial charge in [-0.15, -0.1) is 0 Å². The number of hydrogen-bond acceptors (Lipinski definition) is 3. The van der Waals surface area contributed by atoms with Crippen molar-refractivity contribution in [1.29, 1.82) is 0 Å². The highest BCUT2D eigenvalue weighted by molar-refractivity contribution is 7.99. The zero-order chi connectivity index (χ0) is 11.3. The fourth-order valence-corrected chi connectivity index (χ4v) is 2.35. The van der Waals surface area contributed by atoms with Crippen LogP contribution >= 0.6 is 11.8 Å². The van der Waals surface area contributed by atoms with E-state index in [0.29, 0.717) is 5.91 Å². The minimum absolute atomic E-state index is 0.117. The van der Waals surface area contributed by atoms with Crippen LogP contribution in [0.1, 0.15) is 19.8 Å². The van der Waals surface area contributed by atoms with Gasteiger partial charge in [0.15, 0.2) is 0 Å². The van der Waals surface area contributed by atoms with Crippen molar-refractivity contribution >= 4 is 17.7 Å². The molecule has 1 saturated heterocycles. The Morgan fingerprint density at radius 3 is 2.60 bits per heavy atom. The molecular formula is C11H22N2OS. The Balaban J connectivity index is 2.33. The van der Waals surface area contributed by atoms with Crippen LogP contribution in [0.25, 0.3) is 0 Å². The summed E-state index contributed by atoms with van der Waals surface area (Å²) in [4.78, 5) is 13.9. The summed E-state index contributed by atoms with van der Waals surface area (Å²) < 4.78 is 0. The van der Waals surface area contributed by atoms with E-state index in [1.807, 2.05) is 25.1 Å². The van der Waals surface area contributed by atoms with Crippen LogP contribution in [-0.4, -0.2) is 49.0 Å². The Bertz CT molecular complexity index is 203. The molecule has 1 aliphatic rings. The van der Waals surface area contributed by atoms with Gasteiger partial charge in [-0.25, -0.2) is 0 Å². The standard InChI is InChI=1S/C11H22N2OS/c1-9(15-3)11(14)13-6-4-10(5-7-13)8-12-2/h9-10,12H,4-8H2,1-3H3. The third-order valence-electron chi connectivity index (χ3n) is 3.12. The van der Waals surface area contributed by atoms with Gasteiger partial charge in [0.25, 0.3) is 0 Å². The van der Waals surface area contributed by atoms with Crippen LogP contribution in [0.15, 0.2) is 0 Å². The quantitative estimate of drug-likeness (QED) is 0.787. The van der Waals surface area contributed by atoms with Gasteiger partial charge < -0.3 is 10.2 Å². The number of nitrogens with zero attached hydrogens (tertiary/aromatic N) is 1. The number of amides is 1. The molecule has 1 aliphatic heterocycles. The first-order valence-corrected chi connectivity index (χ1v) is 6.94. The average Bonchev–Trinajstić information content (AvgIpc) is 2.28. The monoisotopic (exact) mass is 230 g/mol. The van der Waals surface area contributed by atoms with E-state index in [0.717, 1.165) is 38.4 Å². The molecule has 1 atom stereocenters. The van der Waals surface area contributed by atoms with Crippen molar-refractivity contribution in [2.45, 2.75) is 25.0 Å². The highest BCUT2D eigenvalue weighted by atomic mass is 32.2. The summed E-state index contributed by atoms with van der Waals surface area (Å²) in [6.07, 6.45) is 4.29. The van der Waals surface area contributed by atoms with Crippen LogP contribution in [0, 0.1) is 5.92 Å². The molecule has 1 fully saturated rings. The zero-order valence-corrected chi connectivity index (χ0v) is 10.8. The van der Waals surface area contributed by atoms with Crippen LogP contribution in [-0.2, 0) is 4.79 Å². The Hall–Kier alpha value is -0.220. The van der Waals surface area contributed by atoms with Gasteiger partial charge in [-0.3, -0.25) is 4.79 Å². The Morgan fingerprint density at radius 2 is 2.13 bits per heavy atom. The molecule has 1 rings (SSSR count). The lowest BCUT2D eigenvalue weighted by Crippen LogP contribution is -2.43. The predicted molar refractivity (Wildman–Crippen MR) is 66.2 cm³/mol. The molecule has 15 heavy (non-hydrogen) atoms. The number of rotatable bonds is 4. The molecule has 0 aromatic carbocycles. The van der Waals surface area contributed by atoms with Gasteiger partial charge >= 0.3 is 0 Å². The lowest BCUT2D eigenvalue weighted by molar-refractivity contribution is -0.131. The first-order chi connectivity index (χ1) is 7.19. The molecule has 3 nitrogen and oxygen atoms in total. The topological polar surface area (TPSA) is 32.3 Å². The summed E-state index contributed by atoms with van der Waals surface area (Å²) >= 11 is 1.63. The molecule has 1 N–H and O–H groups in total. The van der Waals surface area contributed by atoms with E-state index < -0.39 is 0 Å². The Labute approximate surface area is 97.0 Å². The first-order valence-electron chi connectivity index (χ1n) is 5.65. The van der Waals surface area contributed by atoms with Gasteiger partial charge in [-0.05, 0) is 45.5 Å². The van der Waals surface area contributed by atoms with Crippen LogP contribution in [0.2, 0.25) is 0 Å². The molecule has 0 radical (unpaired) electrons. The number of likely N-dealkylation sites (tertiary alicyclic amines) is 1. The second-order valence-electron chi connectivity index (χ2n) is 4.20. The molecule has 4 heteroatoms. The Kier molecular flexibility index (Phi) is 5.47. The van der Waals surface area contributed by atoms with Crippen molar-refractivity contribution in [2.24, 2.45) is 5.92 Å². The maximum Gasteiger partial charge on any atom is 0.235 e.